The standard InChI is InChI=1S/C14H19N3O3/c1-2-19-12-4-3-11-13(12)20-8-7-17(11)14(18)10-5-6-15-16-9-10/h5-6,9,11-13H,2-4,7-8H2,1H3/t11-,12-,13-/m1/s1. The van der Waals surface area contributed by atoms with E-state index in [2.05, 4.69) is 10.2 Å². The Balaban J connectivity index is 1.76. The summed E-state index contributed by atoms with van der Waals surface area (Å²) in [4.78, 5) is 14.5. The van der Waals surface area contributed by atoms with Crippen molar-refractivity contribution in [2.75, 3.05) is 19.8 Å². The Bertz CT molecular complexity index is 468. The van der Waals surface area contributed by atoms with E-state index in [1.807, 2.05) is 11.8 Å². The summed E-state index contributed by atoms with van der Waals surface area (Å²) in [6.07, 6.45) is 5.05. The summed E-state index contributed by atoms with van der Waals surface area (Å²) >= 11 is 0. The van der Waals surface area contributed by atoms with Gasteiger partial charge in [0.2, 0.25) is 0 Å². The second kappa shape index (κ2) is 5.85. The van der Waals surface area contributed by atoms with Gasteiger partial charge in [0, 0.05) is 13.2 Å². The number of fused-ring (bicyclic) bond motifs is 1. The summed E-state index contributed by atoms with van der Waals surface area (Å²) in [6.45, 7) is 3.86. The van der Waals surface area contributed by atoms with Crippen LogP contribution >= 0.6 is 0 Å². The molecule has 2 heterocycles. The Hall–Kier alpha value is -1.53. The minimum absolute atomic E-state index is 0.00227. The molecule has 1 saturated carbocycles. The number of nitrogens with zero attached hydrogens (tertiary/aromatic N) is 3. The molecule has 1 amide bonds. The van der Waals surface area contributed by atoms with Crippen LogP contribution in [-0.2, 0) is 9.47 Å². The van der Waals surface area contributed by atoms with Gasteiger partial charge in [-0.2, -0.15) is 10.2 Å². The molecule has 3 atom stereocenters. The molecule has 0 spiro atoms. The molecular formula is C14H19N3O3. The van der Waals surface area contributed by atoms with Crippen LogP contribution in [0.4, 0.5) is 0 Å². The third kappa shape index (κ3) is 2.41. The Kier molecular flexibility index (Phi) is 3.93. The van der Waals surface area contributed by atoms with Crippen molar-refractivity contribution in [3.63, 3.8) is 0 Å². The van der Waals surface area contributed by atoms with Gasteiger partial charge in [0.1, 0.15) is 6.10 Å². The Labute approximate surface area is 118 Å². The van der Waals surface area contributed by atoms with Crippen molar-refractivity contribution in [2.45, 2.75) is 38.0 Å². The molecule has 1 aliphatic carbocycles. The van der Waals surface area contributed by atoms with Crippen LogP contribution in [0.2, 0.25) is 0 Å². The first-order valence-electron chi connectivity index (χ1n) is 7.12. The highest BCUT2D eigenvalue weighted by Gasteiger charge is 2.44. The van der Waals surface area contributed by atoms with E-state index in [1.54, 1.807) is 12.3 Å². The molecule has 6 heteroatoms. The lowest BCUT2D eigenvalue weighted by atomic mass is 10.1. The molecule has 0 bridgehead atoms. The smallest absolute Gasteiger partial charge is 0.255 e. The SMILES string of the molecule is CCO[C@@H]1CC[C@@H]2[C@H]1OCCN2C(=O)c1ccnnc1. The number of aromatic nitrogens is 2. The molecule has 1 aromatic rings. The second-order valence-electron chi connectivity index (χ2n) is 5.10. The molecule has 20 heavy (non-hydrogen) atoms. The monoisotopic (exact) mass is 277 g/mol. The number of hydrogen-bond acceptors (Lipinski definition) is 5. The molecule has 1 saturated heterocycles. The topological polar surface area (TPSA) is 64.6 Å². The van der Waals surface area contributed by atoms with E-state index in [9.17, 15) is 4.79 Å². The summed E-state index contributed by atoms with van der Waals surface area (Å²) in [7, 11) is 0. The van der Waals surface area contributed by atoms with Gasteiger partial charge in [0.05, 0.1) is 36.7 Å². The number of carbonyl (C=O) groups is 1. The fourth-order valence-electron chi connectivity index (χ4n) is 3.14. The van der Waals surface area contributed by atoms with Crippen LogP contribution in [0.3, 0.4) is 0 Å². The number of rotatable bonds is 3. The van der Waals surface area contributed by atoms with Crippen molar-refractivity contribution < 1.29 is 14.3 Å². The van der Waals surface area contributed by atoms with Crippen molar-refractivity contribution in [3.05, 3.63) is 24.0 Å². The Morgan fingerprint density at radius 3 is 3.15 bits per heavy atom. The molecule has 6 nitrogen and oxygen atoms in total. The maximum Gasteiger partial charge on any atom is 0.255 e. The van der Waals surface area contributed by atoms with Crippen LogP contribution in [0.5, 0.6) is 0 Å². The average Bonchev–Trinajstić information content (AvgIpc) is 2.91. The lowest BCUT2D eigenvalue weighted by Crippen LogP contribution is -2.53. The predicted octanol–water partition coefficient (Wildman–Crippen LogP) is 0.885. The van der Waals surface area contributed by atoms with Gasteiger partial charge < -0.3 is 14.4 Å². The van der Waals surface area contributed by atoms with Crippen LogP contribution in [0.1, 0.15) is 30.1 Å². The van der Waals surface area contributed by atoms with Crippen molar-refractivity contribution in [2.24, 2.45) is 0 Å². The summed E-state index contributed by atoms with van der Waals surface area (Å²) in [6, 6.07) is 1.82. The van der Waals surface area contributed by atoms with Crippen molar-refractivity contribution in [3.8, 4) is 0 Å². The van der Waals surface area contributed by atoms with Gasteiger partial charge in [-0.25, -0.2) is 0 Å². The number of amides is 1. The normalized spacial score (nSPS) is 29.2. The third-order valence-corrected chi connectivity index (χ3v) is 4.01. The van der Waals surface area contributed by atoms with Crippen LogP contribution in [-0.4, -0.2) is 59.0 Å². The Morgan fingerprint density at radius 1 is 1.50 bits per heavy atom. The van der Waals surface area contributed by atoms with Gasteiger partial charge in [-0.1, -0.05) is 0 Å². The quantitative estimate of drug-likeness (QED) is 0.821. The first kappa shape index (κ1) is 13.5. The first-order chi connectivity index (χ1) is 9.81. The average molecular weight is 277 g/mol. The molecule has 2 fully saturated rings. The fourth-order valence-corrected chi connectivity index (χ4v) is 3.14. The summed E-state index contributed by atoms with van der Waals surface area (Å²) in [5.74, 6) is 0.00958. The number of ether oxygens (including phenoxy) is 2. The molecule has 2 aliphatic rings. The van der Waals surface area contributed by atoms with Gasteiger partial charge in [-0.15, -0.1) is 0 Å². The van der Waals surface area contributed by atoms with Gasteiger partial charge in [-0.3, -0.25) is 4.79 Å². The summed E-state index contributed by atoms with van der Waals surface area (Å²) in [5, 5.41) is 7.49. The van der Waals surface area contributed by atoms with Crippen molar-refractivity contribution in [1.82, 2.24) is 15.1 Å². The maximum absolute atomic E-state index is 12.6. The van der Waals surface area contributed by atoms with E-state index >= 15 is 0 Å². The zero-order valence-corrected chi connectivity index (χ0v) is 11.6. The van der Waals surface area contributed by atoms with E-state index in [1.165, 1.54) is 6.20 Å². The van der Waals surface area contributed by atoms with Crippen LogP contribution in [0.15, 0.2) is 18.5 Å². The highest BCUT2D eigenvalue weighted by Crippen LogP contribution is 2.32. The molecule has 3 rings (SSSR count). The van der Waals surface area contributed by atoms with Gasteiger partial charge in [-0.05, 0) is 25.8 Å². The molecule has 108 valence electrons. The van der Waals surface area contributed by atoms with Crippen molar-refractivity contribution in [1.29, 1.82) is 0 Å². The minimum Gasteiger partial charge on any atom is -0.376 e. The largest absolute Gasteiger partial charge is 0.376 e. The maximum atomic E-state index is 12.6. The molecule has 0 N–H and O–H groups in total. The fraction of sp³-hybridized carbons (Fsp3) is 0.643. The number of hydrogen-bond donors (Lipinski definition) is 0. The van der Waals surface area contributed by atoms with Crippen LogP contribution in [0, 0.1) is 0 Å². The highest BCUT2D eigenvalue weighted by atomic mass is 16.5. The zero-order chi connectivity index (χ0) is 13.9. The van der Waals surface area contributed by atoms with Gasteiger partial charge in [0.15, 0.2) is 0 Å². The molecule has 0 aromatic carbocycles. The Morgan fingerprint density at radius 2 is 2.40 bits per heavy atom. The predicted molar refractivity (Wildman–Crippen MR) is 71.2 cm³/mol. The van der Waals surface area contributed by atoms with E-state index in [4.69, 9.17) is 9.47 Å². The van der Waals surface area contributed by atoms with E-state index < -0.39 is 0 Å². The second-order valence-corrected chi connectivity index (χ2v) is 5.10. The summed E-state index contributed by atoms with van der Waals surface area (Å²) in [5.41, 5.74) is 0.584. The lowest BCUT2D eigenvalue weighted by molar-refractivity contribution is -0.102. The van der Waals surface area contributed by atoms with Gasteiger partial charge >= 0.3 is 0 Å². The molecule has 0 unspecified atom stereocenters. The third-order valence-electron chi connectivity index (χ3n) is 4.01. The first-order valence-corrected chi connectivity index (χ1v) is 7.12. The van der Waals surface area contributed by atoms with E-state index in [0.29, 0.717) is 25.3 Å². The molecule has 1 aromatic heterocycles. The number of carbonyl (C=O) groups excluding carboxylic acids is 1. The van der Waals surface area contributed by atoms with E-state index in [0.717, 1.165) is 12.8 Å². The molecule has 0 radical (unpaired) electrons. The summed E-state index contributed by atoms with van der Waals surface area (Å²) < 4.78 is 11.6. The van der Waals surface area contributed by atoms with Crippen molar-refractivity contribution >= 4 is 5.91 Å². The minimum atomic E-state index is 0.00227. The van der Waals surface area contributed by atoms with Crippen LogP contribution < -0.4 is 0 Å². The lowest BCUT2D eigenvalue weighted by Gasteiger charge is -2.39. The van der Waals surface area contributed by atoms with Gasteiger partial charge in [0.25, 0.3) is 5.91 Å². The zero-order valence-electron chi connectivity index (χ0n) is 11.6. The van der Waals surface area contributed by atoms with E-state index in [-0.39, 0.29) is 24.2 Å². The number of morpholine rings is 1. The highest BCUT2D eigenvalue weighted by molar-refractivity contribution is 5.94. The van der Waals surface area contributed by atoms with Crippen LogP contribution in [0.25, 0.3) is 0 Å². The molecule has 1 aliphatic heterocycles. The molecular weight excluding hydrogens is 258 g/mol.